The van der Waals surface area contributed by atoms with Crippen molar-refractivity contribution in [3.8, 4) is 6.07 Å². The zero-order valence-corrected chi connectivity index (χ0v) is 7.72. The van der Waals surface area contributed by atoms with Crippen LogP contribution in [0.15, 0.2) is 6.07 Å². The lowest BCUT2D eigenvalue weighted by atomic mass is 9.99. The summed E-state index contributed by atoms with van der Waals surface area (Å²) in [6.07, 6.45) is 3.28. The number of anilines is 1. The van der Waals surface area contributed by atoms with Crippen LogP contribution in [0.25, 0.3) is 0 Å². The third-order valence-corrected chi connectivity index (χ3v) is 2.76. The molecule has 2 rings (SSSR count). The molecule has 0 aliphatic heterocycles. The van der Waals surface area contributed by atoms with Crippen molar-refractivity contribution >= 4 is 5.69 Å². The van der Waals surface area contributed by atoms with Crippen molar-refractivity contribution in [1.29, 1.82) is 5.26 Å². The molecule has 1 aliphatic carbocycles. The molecule has 13 heavy (non-hydrogen) atoms. The second kappa shape index (κ2) is 2.77. The smallest absolute Gasteiger partial charge is 0.102 e. The lowest BCUT2D eigenvalue weighted by Gasteiger charge is -2.08. The molecule has 0 unspecified atom stereocenters. The van der Waals surface area contributed by atoms with Crippen LogP contribution in [0.3, 0.4) is 0 Å². The third-order valence-electron chi connectivity index (χ3n) is 2.76. The van der Waals surface area contributed by atoms with Crippen LogP contribution in [0.5, 0.6) is 0 Å². The summed E-state index contributed by atoms with van der Waals surface area (Å²) in [6, 6.07) is 4.33. The summed E-state index contributed by atoms with van der Waals surface area (Å²) < 4.78 is 0. The average Bonchev–Trinajstić information content (AvgIpc) is 2.54. The lowest BCUT2D eigenvalue weighted by molar-refractivity contribution is 0.911. The van der Waals surface area contributed by atoms with Crippen molar-refractivity contribution in [2.24, 2.45) is 0 Å². The largest absolute Gasteiger partial charge is 0.397 e. The van der Waals surface area contributed by atoms with E-state index in [1.54, 1.807) is 0 Å². The van der Waals surface area contributed by atoms with E-state index in [1.165, 1.54) is 11.1 Å². The van der Waals surface area contributed by atoms with Crippen LogP contribution in [-0.2, 0) is 12.8 Å². The van der Waals surface area contributed by atoms with Crippen LogP contribution in [0.1, 0.15) is 28.7 Å². The minimum absolute atomic E-state index is 0.670. The molecule has 1 aliphatic rings. The molecule has 2 heteroatoms. The van der Waals surface area contributed by atoms with E-state index in [4.69, 9.17) is 11.0 Å². The molecule has 66 valence electrons. The minimum Gasteiger partial charge on any atom is -0.397 e. The molecule has 0 heterocycles. The fourth-order valence-electron chi connectivity index (χ4n) is 2.04. The maximum atomic E-state index is 8.98. The molecular weight excluding hydrogens is 160 g/mol. The zero-order chi connectivity index (χ0) is 9.42. The van der Waals surface area contributed by atoms with E-state index < -0.39 is 0 Å². The molecule has 0 bridgehead atoms. The second-order valence-corrected chi connectivity index (χ2v) is 3.59. The lowest BCUT2D eigenvalue weighted by Crippen LogP contribution is -1.99. The van der Waals surface area contributed by atoms with E-state index in [2.05, 4.69) is 12.1 Å². The molecule has 0 spiro atoms. The number of hydrogen-bond donors (Lipinski definition) is 1. The van der Waals surface area contributed by atoms with Gasteiger partial charge in [0.1, 0.15) is 6.07 Å². The van der Waals surface area contributed by atoms with Crippen LogP contribution in [0.4, 0.5) is 5.69 Å². The van der Waals surface area contributed by atoms with Crippen molar-refractivity contribution in [3.05, 3.63) is 28.3 Å². The van der Waals surface area contributed by atoms with Gasteiger partial charge in [0, 0.05) is 0 Å². The van der Waals surface area contributed by atoms with E-state index in [0.29, 0.717) is 11.3 Å². The summed E-state index contributed by atoms with van der Waals surface area (Å²) in [7, 11) is 0. The van der Waals surface area contributed by atoms with Crippen LogP contribution in [-0.4, -0.2) is 0 Å². The van der Waals surface area contributed by atoms with Gasteiger partial charge in [-0.15, -0.1) is 0 Å². The highest BCUT2D eigenvalue weighted by Gasteiger charge is 2.18. The van der Waals surface area contributed by atoms with Gasteiger partial charge < -0.3 is 5.73 Å². The van der Waals surface area contributed by atoms with E-state index in [-0.39, 0.29) is 0 Å². The number of benzene rings is 1. The number of aryl methyl sites for hydroxylation is 2. The first kappa shape index (κ1) is 8.12. The van der Waals surface area contributed by atoms with Gasteiger partial charge in [-0.1, -0.05) is 6.07 Å². The Bertz CT molecular complexity index is 400. The molecule has 0 aromatic heterocycles. The Labute approximate surface area is 78.0 Å². The van der Waals surface area contributed by atoms with Gasteiger partial charge in [0.25, 0.3) is 0 Å². The van der Waals surface area contributed by atoms with E-state index in [0.717, 1.165) is 24.8 Å². The normalized spacial score (nSPS) is 13.8. The van der Waals surface area contributed by atoms with Crippen LogP contribution < -0.4 is 5.73 Å². The van der Waals surface area contributed by atoms with E-state index in [9.17, 15) is 0 Å². The number of rotatable bonds is 0. The summed E-state index contributed by atoms with van der Waals surface area (Å²) >= 11 is 0. The van der Waals surface area contributed by atoms with Gasteiger partial charge in [-0.2, -0.15) is 5.26 Å². The fraction of sp³-hybridized carbons (Fsp3) is 0.364. The second-order valence-electron chi connectivity index (χ2n) is 3.59. The molecule has 0 saturated heterocycles. The highest BCUT2D eigenvalue weighted by Crippen LogP contribution is 2.30. The summed E-state index contributed by atoms with van der Waals surface area (Å²) in [4.78, 5) is 0. The number of nitrogen functional groups attached to an aromatic ring is 1. The Morgan fingerprint density at radius 1 is 1.46 bits per heavy atom. The summed E-state index contributed by atoms with van der Waals surface area (Å²) in [5.41, 5.74) is 10.8. The predicted octanol–water partition coefficient (Wildman–Crippen LogP) is 1.94. The Balaban J connectivity index is 2.73. The van der Waals surface area contributed by atoms with Crippen LogP contribution in [0, 0.1) is 18.3 Å². The highest BCUT2D eigenvalue weighted by atomic mass is 14.6. The summed E-state index contributed by atoms with van der Waals surface area (Å²) in [6.45, 7) is 1.97. The molecule has 0 radical (unpaired) electrons. The Hall–Kier alpha value is -1.49. The summed E-state index contributed by atoms with van der Waals surface area (Å²) in [5, 5.41) is 8.98. The number of nitrogens with zero attached hydrogens (tertiary/aromatic N) is 1. The van der Waals surface area contributed by atoms with E-state index >= 15 is 0 Å². The highest BCUT2D eigenvalue weighted by molar-refractivity contribution is 5.65. The number of hydrogen-bond acceptors (Lipinski definition) is 2. The van der Waals surface area contributed by atoms with Gasteiger partial charge >= 0.3 is 0 Å². The van der Waals surface area contributed by atoms with Crippen molar-refractivity contribution in [2.75, 3.05) is 5.73 Å². The number of nitrogens with two attached hydrogens (primary N) is 1. The first-order chi connectivity index (χ1) is 6.24. The Morgan fingerprint density at radius 3 is 2.92 bits per heavy atom. The molecule has 1 aromatic carbocycles. The van der Waals surface area contributed by atoms with E-state index in [1.807, 2.05) is 6.92 Å². The van der Waals surface area contributed by atoms with Crippen LogP contribution in [0.2, 0.25) is 0 Å². The van der Waals surface area contributed by atoms with Crippen molar-refractivity contribution in [2.45, 2.75) is 26.2 Å². The van der Waals surface area contributed by atoms with Crippen molar-refractivity contribution < 1.29 is 0 Å². The molecule has 1 aromatic rings. The maximum absolute atomic E-state index is 8.98. The Morgan fingerprint density at radius 2 is 2.23 bits per heavy atom. The zero-order valence-electron chi connectivity index (χ0n) is 7.72. The first-order valence-corrected chi connectivity index (χ1v) is 4.55. The Kier molecular flexibility index (Phi) is 1.73. The molecule has 0 fully saturated rings. The van der Waals surface area contributed by atoms with Gasteiger partial charge in [0.05, 0.1) is 11.3 Å². The van der Waals surface area contributed by atoms with Gasteiger partial charge in [-0.25, -0.2) is 0 Å². The van der Waals surface area contributed by atoms with Crippen molar-refractivity contribution in [1.82, 2.24) is 0 Å². The molecule has 2 N–H and O–H groups in total. The maximum Gasteiger partial charge on any atom is 0.102 e. The number of nitriles is 1. The van der Waals surface area contributed by atoms with Gasteiger partial charge in [-0.05, 0) is 42.9 Å². The first-order valence-electron chi connectivity index (χ1n) is 4.55. The van der Waals surface area contributed by atoms with Crippen molar-refractivity contribution in [3.63, 3.8) is 0 Å². The third kappa shape index (κ3) is 1.08. The molecule has 0 atom stereocenters. The van der Waals surface area contributed by atoms with Crippen LogP contribution >= 0.6 is 0 Å². The van der Waals surface area contributed by atoms with Gasteiger partial charge in [0.2, 0.25) is 0 Å². The van der Waals surface area contributed by atoms with Gasteiger partial charge in [0.15, 0.2) is 0 Å². The average molecular weight is 172 g/mol. The monoisotopic (exact) mass is 172 g/mol. The number of fused-ring (bicyclic) bond motifs is 1. The minimum atomic E-state index is 0.670. The SMILES string of the molecule is Cc1cc2c(c(C#N)c1N)CCC2. The summed E-state index contributed by atoms with van der Waals surface area (Å²) in [5.74, 6) is 0. The predicted molar refractivity (Wildman–Crippen MR) is 52.3 cm³/mol. The quantitative estimate of drug-likeness (QED) is 0.608. The molecule has 0 amide bonds. The topological polar surface area (TPSA) is 49.8 Å². The standard InChI is InChI=1S/C11H12N2/c1-7-5-8-3-2-4-9(8)10(6-12)11(7)13/h5H,2-4,13H2,1H3. The fourth-order valence-corrected chi connectivity index (χ4v) is 2.04. The molecular formula is C11H12N2. The molecule has 0 saturated carbocycles. The molecule has 2 nitrogen and oxygen atoms in total. The van der Waals surface area contributed by atoms with Gasteiger partial charge in [-0.3, -0.25) is 0 Å².